The summed E-state index contributed by atoms with van der Waals surface area (Å²) in [5.41, 5.74) is 2.94. The van der Waals surface area contributed by atoms with Gasteiger partial charge in [0.15, 0.2) is 0 Å². The number of sulfonamides is 1. The van der Waals surface area contributed by atoms with Gasteiger partial charge >= 0.3 is 0 Å². The van der Waals surface area contributed by atoms with E-state index < -0.39 is 10.0 Å². The molecule has 0 aliphatic heterocycles. The fourth-order valence-electron chi connectivity index (χ4n) is 3.07. The molecule has 1 heterocycles. The minimum absolute atomic E-state index is 0.177. The van der Waals surface area contributed by atoms with E-state index in [0.717, 1.165) is 36.1 Å². The molecule has 1 aromatic carbocycles. The van der Waals surface area contributed by atoms with E-state index in [2.05, 4.69) is 9.82 Å². The molecule has 0 spiro atoms. The summed E-state index contributed by atoms with van der Waals surface area (Å²) < 4.78 is 35.5. The first kappa shape index (κ1) is 16.0. The Balaban J connectivity index is 1.95. The van der Waals surface area contributed by atoms with E-state index in [1.165, 1.54) is 7.11 Å². The molecule has 7 heteroatoms. The van der Waals surface area contributed by atoms with E-state index in [9.17, 15) is 8.42 Å². The molecule has 0 amide bonds. The molecule has 1 N–H and O–H groups in total. The number of fused-ring (bicyclic) bond motifs is 1. The van der Waals surface area contributed by atoms with Crippen molar-refractivity contribution >= 4 is 10.0 Å². The van der Waals surface area contributed by atoms with Crippen molar-refractivity contribution in [2.45, 2.75) is 37.1 Å². The molecule has 6 nitrogen and oxygen atoms in total. The Bertz CT molecular complexity index is 827. The van der Waals surface area contributed by atoms with Gasteiger partial charge in [-0.1, -0.05) is 6.07 Å². The van der Waals surface area contributed by atoms with Gasteiger partial charge in [-0.15, -0.1) is 0 Å². The lowest BCUT2D eigenvalue weighted by Crippen LogP contribution is -2.31. The van der Waals surface area contributed by atoms with Gasteiger partial charge in [-0.25, -0.2) is 13.1 Å². The Labute approximate surface area is 136 Å². The van der Waals surface area contributed by atoms with E-state index in [4.69, 9.17) is 4.74 Å². The molecule has 0 saturated heterocycles. The lowest BCUT2D eigenvalue weighted by molar-refractivity contribution is 0.401. The molecule has 1 aliphatic carbocycles. The Hall–Kier alpha value is -1.86. The van der Waals surface area contributed by atoms with Gasteiger partial charge in [0, 0.05) is 18.3 Å². The molecular formula is C16H21N3O3S. The first-order valence-corrected chi connectivity index (χ1v) is 9.08. The van der Waals surface area contributed by atoms with Crippen LogP contribution in [0.2, 0.25) is 0 Å². The summed E-state index contributed by atoms with van der Waals surface area (Å²) in [7, 11) is -0.307. The third-order valence-electron chi connectivity index (χ3n) is 4.28. The van der Waals surface area contributed by atoms with Crippen LogP contribution in [0.25, 0.3) is 0 Å². The topological polar surface area (TPSA) is 73.2 Å². The molecule has 0 radical (unpaired) electrons. The number of aromatic nitrogens is 2. The smallest absolute Gasteiger partial charge is 0.244 e. The maximum Gasteiger partial charge on any atom is 0.244 e. The van der Waals surface area contributed by atoms with Crippen molar-refractivity contribution in [1.29, 1.82) is 0 Å². The van der Waals surface area contributed by atoms with Crippen LogP contribution in [0.15, 0.2) is 29.3 Å². The Morgan fingerprint density at radius 3 is 2.91 bits per heavy atom. The summed E-state index contributed by atoms with van der Waals surface area (Å²) in [5.74, 6) is 0.352. The van der Waals surface area contributed by atoms with Crippen LogP contribution in [-0.4, -0.2) is 25.3 Å². The van der Waals surface area contributed by atoms with Gasteiger partial charge in [-0.3, -0.25) is 4.68 Å². The van der Waals surface area contributed by atoms with Gasteiger partial charge in [0.1, 0.15) is 10.6 Å². The first-order valence-electron chi connectivity index (χ1n) is 7.60. The number of aryl methyl sites for hydroxylation is 2. The van der Waals surface area contributed by atoms with E-state index in [-0.39, 0.29) is 10.9 Å². The molecular weight excluding hydrogens is 314 g/mol. The standard InChI is InChI=1S/C16H21N3O3S/c1-11-7-8-15(22-3)16(9-11)23(20,21)18-13-5-4-6-14-12(13)10-17-19(14)2/h7-10,13,18H,4-6H2,1-3H3/t13-/m1/s1. The van der Waals surface area contributed by atoms with Crippen molar-refractivity contribution < 1.29 is 13.2 Å². The van der Waals surface area contributed by atoms with E-state index >= 15 is 0 Å². The van der Waals surface area contributed by atoms with Gasteiger partial charge in [0.05, 0.1) is 19.3 Å². The van der Waals surface area contributed by atoms with Gasteiger partial charge in [0.25, 0.3) is 0 Å². The maximum atomic E-state index is 12.8. The quantitative estimate of drug-likeness (QED) is 0.928. The zero-order valence-corrected chi connectivity index (χ0v) is 14.4. The molecule has 0 saturated carbocycles. The highest BCUT2D eigenvalue weighted by Crippen LogP contribution is 2.32. The van der Waals surface area contributed by atoms with Gasteiger partial charge in [-0.05, 0) is 43.9 Å². The number of nitrogens with zero attached hydrogens (tertiary/aromatic N) is 2. The molecule has 2 aromatic rings. The Morgan fingerprint density at radius 1 is 1.39 bits per heavy atom. The Morgan fingerprint density at radius 2 is 2.17 bits per heavy atom. The SMILES string of the molecule is COc1ccc(C)cc1S(=O)(=O)N[C@@H]1CCCc2c1cnn2C. The minimum atomic E-state index is -3.67. The molecule has 1 atom stereocenters. The highest BCUT2D eigenvalue weighted by Gasteiger charge is 2.29. The van der Waals surface area contributed by atoms with Gasteiger partial charge in [-0.2, -0.15) is 5.10 Å². The van der Waals surface area contributed by atoms with E-state index in [1.807, 2.05) is 24.7 Å². The number of rotatable bonds is 4. The first-order chi connectivity index (χ1) is 10.9. The molecule has 124 valence electrons. The zero-order valence-electron chi connectivity index (χ0n) is 13.5. The van der Waals surface area contributed by atoms with Crippen molar-refractivity contribution in [1.82, 2.24) is 14.5 Å². The minimum Gasteiger partial charge on any atom is -0.495 e. The van der Waals surface area contributed by atoms with Crippen molar-refractivity contribution in [2.24, 2.45) is 7.05 Å². The fraction of sp³-hybridized carbons (Fsp3) is 0.438. The van der Waals surface area contributed by atoms with Crippen molar-refractivity contribution in [3.8, 4) is 5.75 Å². The normalized spacial score (nSPS) is 17.8. The molecule has 0 fully saturated rings. The number of hydrogen-bond donors (Lipinski definition) is 1. The third-order valence-corrected chi connectivity index (χ3v) is 5.77. The Kier molecular flexibility index (Phi) is 4.16. The highest BCUT2D eigenvalue weighted by atomic mass is 32.2. The molecule has 23 heavy (non-hydrogen) atoms. The maximum absolute atomic E-state index is 12.8. The second-order valence-corrected chi connectivity index (χ2v) is 7.57. The van der Waals surface area contributed by atoms with Crippen LogP contribution in [0.5, 0.6) is 5.75 Å². The fourth-order valence-corrected chi connectivity index (χ4v) is 4.58. The monoisotopic (exact) mass is 335 g/mol. The zero-order chi connectivity index (χ0) is 16.6. The van der Waals surface area contributed by atoms with E-state index in [0.29, 0.717) is 5.75 Å². The number of benzene rings is 1. The summed E-state index contributed by atoms with van der Waals surface area (Å²) >= 11 is 0. The molecule has 1 aliphatic rings. The van der Waals surface area contributed by atoms with Crippen LogP contribution in [0.4, 0.5) is 0 Å². The molecule has 0 unspecified atom stereocenters. The van der Waals surface area contributed by atoms with Crippen molar-refractivity contribution in [2.75, 3.05) is 7.11 Å². The molecule has 0 bridgehead atoms. The average Bonchev–Trinajstić information content (AvgIpc) is 2.90. The summed E-state index contributed by atoms with van der Waals surface area (Å²) in [6, 6.07) is 4.90. The van der Waals surface area contributed by atoms with Crippen LogP contribution in [0, 0.1) is 6.92 Å². The van der Waals surface area contributed by atoms with Gasteiger partial charge in [0.2, 0.25) is 10.0 Å². The highest BCUT2D eigenvalue weighted by molar-refractivity contribution is 7.89. The van der Waals surface area contributed by atoms with Crippen LogP contribution >= 0.6 is 0 Å². The number of methoxy groups -OCH3 is 1. The van der Waals surface area contributed by atoms with Crippen molar-refractivity contribution in [3.63, 3.8) is 0 Å². The van der Waals surface area contributed by atoms with Crippen LogP contribution in [0.1, 0.15) is 35.7 Å². The summed E-state index contributed by atoms with van der Waals surface area (Å²) in [6.07, 6.45) is 4.39. The third kappa shape index (κ3) is 2.98. The molecule has 1 aromatic heterocycles. The van der Waals surface area contributed by atoms with Crippen LogP contribution in [0.3, 0.4) is 0 Å². The van der Waals surface area contributed by atoms with Crippen LogP contribution < -0.4 is 9.46 Å². The number of ether oxygens (including phenoxy) is 1. The lowest BCUT2D eigenvalue weighted by atomic mass is 9.94. The summed E-state index contributed by atoms with van der Waals surface area (Å²) in [6.45, 7) is 1.86. The summed E-state index contributed by atoms with van der Waals surface area (Å²) in [4.78, 5) is 0.177. The lowest BCUT2D eigenvalue weighted by Gasteiger charge is -2.24. The van der Waals surface area contributed by atoms with Crippen molar-refractivity contribution in [3.05, 3.63) is 41.2 Å². The second-order valence-electron chi connectivity index (χ2n) is 5.89. The summed E-state index contributed by atoms with van der Waals surface area (Å²) in [5, 5.41) is 4.26. The van der Waals surface area contributed by atoms with Gasteiger partial charge < -0.3 is 4.74 Å². The number of hydrogen-bond acceptors (Lipinski definition) is 4. The van der Waals surface area contributed by atoms with E-state index in [1.54, 1.807) is 18.3 Å². The van der Waals surface area contributed by atoms with Crippen LogP contribution in [-0.2, 0) is 23.5 Å². The molecule has 3 rings (SSSR count). The number of nitrogens with one attached hydrogen (secondary N) is 1. The predicted octanol–water partition coefficient (Wildman–Crippen LogP) is 2.09. The second kappa shape index (κ2) is 5.98. The average molecular weight is 335 g/mol. The predicted molar refractivity (Wildman–Crippen MR) is 86.9 cm³/mol. The largest absolute Gasteiger partial charge is 0.495 e.